The lowest BCUT2D eigenvalue weighted by Crippen LogP contribution is -2.37. The van der Waals surface area contributed by atoms with E-state index in [0.29, 0.717) is 5.92 Å². The number of benzene rings is 3. The zero-order valence-corrected chi connectivity index (χ0v) is 29.9. The first-order valence-electron chi connectivity index (χ1n) is 19.3. The van der Waals surface area contributed by atoms with Crippen molar-refractivity contribution in [3.8, 4) is 11.4 Å². The number of hydrogen-bond acceptors (Lipinski definition) is 6. The summed E-state index contributed by atoms with van der Waals surface area (Å²) in [6, 6.07) is 31.8. The summed E-state index contributed by atoms with van der Waals surface area (Å²) in [7, 11) is 0. The van der Waals surface area contributed by atoms with E-state index in [4.69, 9.17) is 9.47 Å². The smallest absolute Gasteiger partial charge is 0.0985 e. The highest BCUT2D eigenvalue weighted by Gasteiger charge is 2.30. The van der Waals surface area contributed by atoms with Crippen molar-refractivity contribution in [2.24, 2.45) is 0 Å². The van der Waals surface area contributed by atoms with Gasteiger partial charge in [-0.05, 0) is 94.0 Å². The Hall–Kier alpha value is -4.08. The van der Waals surface area contributed by atoms with Crippen molar-refractivity contribution >= 4 is 0 Å². The fraction of sp³-hybridized carbons (Fsp3) is 0.442. The van der Waals surface area contributed by atoms with Crippen LogP contribution in [0, 0.1) is 0 Å². The summed E-state index contributed by atoms with van der Waals surface area (Å²) < 4.78 is 16.4. The lowest BCUT2D eigenvalue weighted by atomic mass is 9.89. The number of aromatic nitrogens is 4. The van der Waals surface area contributed by atoms with Crippen LogP contribution in [-0.4, -0.2) is 81.8 Å². The standard InChI is InChI=1S/C24H27N3O.C19H25N3O/c1-3-7-19(8-4-1)20-11-14-26(15-12-20)18-24-22-17-25-27(23(22)13-16-28-24)21-9-5-2-6-10-21;1-3-7-16(8-4-1)22-18-10-14-23-19(17(18)15-20-22)9-13-21-11-5-2-6-12-21/h1-10,17,20,24H,11-16,18H2;1,3-4,7-8,15,19H,2,5-6,9-14H2. The third-order valence-corrected chi connectivity index (χ3v) is 11.3. The molecule has 266 valence electrons. The fourth-order valence-electron chi connectivity index (χ4n) is 8.45. The molecule has 8 heteroatoms. The van der Waals surface area contributed by atoms with E-state index in [-0.39, 0.29) is 12.2 Å². The highest BCUT2D eigenvalue weighted by atomic mass is 16.5. The van der Waals surface area contributed by atoms with Crippen molar-refractivity contribution in [3.05, 3.63) is 131 Å². The molecule has 4 aliphatic heterocycles. The van der Waals surface area contributed by atoms with E-state index >= 15 is 0 Å². The minimum absolute atomic E-state index is 0.134. The number of ether oxygens (including phenoxy) is 2. The number of piperidine rings is 2. The van der Waals surface area contributed by atoms with Crippen LogP contribution in [0.1, 0.15) is 84.7 Å². The summed E-state index contributed by atoms with van der Waals surface area (Å²) in [4.78, 5) is 5.15. The molecule has 2 fully saturated rings. The molecule has 2 aromatic heterocycles. The Balaban J connectivity index is 0.000000150. The van der Waals surface area contributed by atoms with E-state index in [1.165, 1.54) is 73.3 Å². The Morgan fingerprint density at radius 2 is 1.10 bits per heavy atom. The van der Waals surface area contributed by atoms with Crippen molar-refractivity contribution in [1.82, 2.24) is 29.4 Å². The van der Waals surface area contributed by atoms with E-state index in [1.807, 2.05) is 24.5 Å². The normalized spacial score (nSPS) is 21.3. The van der Waals surface area contributed by atoms with Gasteiger partial charge >= 0.3 is 0 Å². The number of rotatable bonds is 8. The van der Waals surface area contributed by atoms with Gasteiger partial charge in [-0.1, -0.05) is 73.2 Å². The van der Waals surface area contributed by atoms with Crippen molar-refractivity contribution in [1.29, 1.82) is 0 Å². The zero-order valence-electron chi connectivity index (χ0n) is 29.9. The maximum atomic E-state index is 6.17. The van der Waals surface area contributed by atoms with Crippen LogP contribution in [0.15, 0.2) is 103 Å². The van der Waals surface area contributed by atoms with Gasteiger partial charge < -0.3 is 19.3 Å². The molecular weight excluding hydrogens is 633 g/mol. The topological polar surface area (TPSA) is 60.6 Å². The summed E-state index contributed by atoms with van der Waals surface area (Å²) in [5.41, 5.74) is 8.95. The lowest BCUT2D eigenvalue weighted by molar-refractivity contribution is 0.0103. The van der Waals surface area contributed by atoms with Crippen LogP contribution in [0.3, 0.4) is 0 Å². The maximum Gasteiger partial charge on any atom is 0.0985 e. The summed E-state index contributed by atoms with van der Waals surface area (Å²) >= 11 is 0. The van der Waals surface area contributed by atoms with E-state index in [1.54, 1.807) is 0 Å². The molecule has 2 unspecified atom stereocenters. The molecule has 0 radical (unpaired) electrons. The van der Waals surface area contributed by atoms with Gasteiger partial charge in [0.1, 0.15) is 0 Å². The van der Waals surface area contributed by atoms with E-state index in [9.17, 15) is 0 Å². The SMILES string of the molecule is c1ccc(-n2ncc3c2CCOC3CCN2CCCCC2)cc1.c1ccc(C2CCN(CC3OCCc4c3cnn4-c3ccccc3)CC2)cc1. The molecule has 0 N–H and O–H groups in total. The van der Waals surface area contributed by atoms with Crippen LogP contribution in [0.25, 0.3) is 11.4 Å². The van der Waals surface area contributed by atoms with Crippen molar-refractivity contribution in [3.63, 3.8) is 0 Å². The van der Waals surface area contributed by atoms with E-state index in [2.05, 4.69) is 108 Å². The Bertz CT molecular complexity index is 1790. The minimum atomic E-state index is 0.134. The van der Waals surface area contributed by atoms with Crippen molar-refractivity contribution in [2.75, 3.05) is 52.5 Å². The quantitative estimate of drug-likeness (QED) is 0.167. The van der Waals surface area contributed by atoms with Crippen molar-refractivity contribution in [2.45, 2.75) is 69.5 Å². The van der Waals surface area contributed by atoms with Gasteiger partial charge in [-0.15, -0.1) is 0 Å². The Morgan fingerprint density at radius 3 is 1.69 bits per heavy atom. The molecule has 6 heterocycles. The van der Waals surface area contributed by atoms with Gasteiger partial charge in [-0.25, -0.2) is 9.36 Å². The highest BCUT2D eigenvalue weighted by Crippen LogP contribution is 2.34. The molecule has 3 aromatic carbocycles. The first kappa shape index (κ1) is 34.0. The van der Waals surface area contributed by atoms with Crippen LogP contribution in [0.5, 0.6) is 0 Å². The average molecular weight is 685 g/mol. The molecule has 2 atom stereocenters. The second kappa shape index (κ2) is 16.5. The Kier molecular flexibility index (Phi) is 11.0. The number of fused-ring (bicyclic) bond motifs is 2. The average Bonchev–Trinajstić information content (AvgIpc) is 3.85. The summed E-state index contributed by atoms with van der Waals surface area (Å²) in [5.74, 6) is 0.695. The summed E-state index contributed by atoms with van der Waals surface area (Å²) in [6.45, 7) is 8.47. The van der Waals surface area contributed by atoms with Crippen LogP contribution >= 0.6 is 0 Å². The van der Waals surface area contributed by atoms with Crippen LogP contribution in [0.2, 0.25) is 0 Å². The molecule has 8 nitrogen and oxygen atoms in total. The van der Waals surface area contributed by atoms with Gasteiger partial charge in [0.05, 0.1) is 60.6 Å². The highest BCUT2D eigenvalue weighted by molar-refractivity contribution is 5.38. The summed E-state index contributed by atoms with van der Waals surface area (Å²) in [5, 5.41) is 9.32. The first-order valence-corrected chi connectivity index (χ1v) is 19.3. The lowest BCUT2D eigenvalue weighted by Gasteiger charge is -2.35. The molecular formula is C43H52N6O2. The molecule has 5 aromatic rings. The van der Waals surface area contributed by atoms with Gasteiger partial charge in [0.15, 0.2) is 0 Å². The zero-order chi connectivity index (χ0) is 34.2. The predicted molar refractivity (Wildman–Crippen MR) is 202 cm³/mol. The van der Waals surface area contributed by atoms with Gasteiger partial charge in [0.2, 0.25) is 0 Å². The summed E-state index contributed by atoms with van der Waals surface area (Å²) in [6.07, 6.45) is 13.9. The molecule has 2 saturated heterocycles. The van der Waals surface area contributed by atoms with Crippen LogP contribution in [0.4, 0.5) is 0 Å². The molecule has 4 aliphatic rings. The molecule has 0 spiro atoms. The Labute approximate surface area is 303 Å². The number of likely N-dealkylation sites (tertiary alicyclic amines) is 2. The van der Waals surface area contributed by atoms with E-state index < -0.39 is 0 Å². The Morgan fingerprint density at radius 1 is 0.569 bits per heavy atom. The number of hydrogen-bond donors (Lipinski definition) is 0. The van der Waals surface area contributed by atoms with Gasteiger partial charge in [-0.3, -0.25) is 0 Å². The molecule has 0 aliphatic carbocycles. The van der Waals surface area contributed by atoms with Crippen molar-refractivity contribution < 1.29 is 9.47 Å². The van der Waals surface area contributed by atoms with Gasteiger partial charge in [0.25, 0.3) is 0 Å². The molecule has 0 bridgehead atoms. The van der Waals surface area contributed by atoms with Crippen LogP contribution < -0.4 is 0 Å². The molecule has 9 rings (SSSR count). The van der Waals surface area contributed by atoms with E-state index in [0.717, 1.165) is 70.0 Å². The fourth-order valence-corrected chi connectivity index (χ4v) is 8.45. The second-order valence-electron chi connectivity index (χ2n) is 14.5. The second-order valence-corrected chi connectivity index (χ2v) is 14.5. The largest absolute Gasteiger partial charge is 0.373 e. The van der Waals surface area contributed by atoms with Gasteiger partial charge in [-0.2, -0.15) is 10.2 Å². The third-order valence-electron chi connectivity index (χ3n) is 11.3. The van der Waals surface area contributed by atoms with Gasteiger partial charge in [0, 0.05) is 37.1 Å². The maximum absolute atomic E-state index is 6.17. The van der Waals surface area contributed by atoms with Crippen LogP contribution in [-0.2, 0) is 22.3 Å². The third kappa shape index (κ3) is 8.05. The first-order chi connectivity index (χ1) is 25.3. The number of para-hydroxylation sites is 2. The predicted octanol–water partition coefficient (Wildman–Crippen LogP) is 7.73. The molecule has 51 heavy (non-hydrogen) atoms. The molecule has 0 amide bonds. The monoisotopic (exact) mass is 684 g/mol. The minimum Gasteiger partial charge on any atom is -0.373 e. The number of nitrogens with zero attached hydrogens (tertiary/aromatic N) is 6. The molecule has 0 saturated carbocycles.